The number of aromatic amines is 1. The molecule has 0 amide bonds. The summed E-state index contributed by atoms with van der Waals surface area (Å²) in [5.41, 5.74) is 2.06. The first-order valence-electron chi connectivity index (χ1n) is 12.2. The summed E-state index contributed by atoms with van der Waals surface area (Å²) in [5, 5.41) is 18.8. The number of ether oxygens (including phenoxy) is 2. The molecule has 2 N–H and O–H groups in total. The monoisotopic (exact) mass is 512 g/mol. The molecule has 1 fully saturated rings. The first-order valence-corrected chi connectivity index (χ1v) is 12.6. The fraction of sp³-hybridized carbons (Fsp3) is 0.407. The van der Waals surface area contributed by atoms with Gasteiger partial charge in [-0.1, -0.05) is 18.0 Å². The van der Waals surface area contributed by atoms with Crippen molar-refractivity contribution in [2.24, 2.45) is 0 Å². The summed E-state index contributed by atoms with van der Waals surface area (Å²) in [6.07, 6.45) is 3.59. The van der Waals surface area contributed by atoms with Gasteiger partial charge in [0.05, 0.1) is 23.2 Å². The number of phenols is 1. The van der Waals surface area contributed by atoms with Gasteiger partial charge in [0.25, 0.3) is 0 Å². The molecular weight excluding hydrogens is 483 g/mol. The van der Waals surface area contributed by atoms with Crippen molar-refractivity contribution in [1.29, 1.82) is 0 Å². The van der Waals surface area contributed by atoms with E-state index in [4.69, 9.17) is 21.1 Å². The van der Waals surface area contributed by atoms with Gasteiger partial charge in [-0.2, -0.15) is 5.10 Å². The molecule has 7 nitrogen and oxygen atoms in total. The average Bonchev–Trinajstić information content (AvgIpc) is 3.22. The Labute approximate surface area is 214 Å². The van der Waals surface area contributed by atoms with Crippen LogP contribution in [0.4, 0.5) is 4.39 Å². The van der Waals surface area contributed by atoms with Gasteiger partial charge in [-0.3, -0.25) is 10.00 Å². The number of methoxy groups -OCH3 is 1. The summed E-state index contributed by atoms with van der Waals surface area (Å²) in [7, 11) is 1.55. The van der Waals surface area contributed by atoms with Gasteiger partial charge < -0.3 is 14.6 Å². The highest BCUT2D eigenvalue weighted by Gasteiger charge is 2.26. The zero-order chi connectivity index (χ0) is 25.6. The molecule has 0 saturated carbocycles. The van der Waals surface area contributed by atoms with Crippen LogP contribution in [-0.4, -0.2) is 57.5 Å². The summed E-state index contributed by atoms with van der Waals surface area (Å²) >= 11 is 6.16. The van der Waals surface area contributed by atoms with Crippen LogP contribution in [0.3, 0.4) is 0 Å². The number of hydrogen-bond acceptors (Lipinski definition) is 6. The maximum absolute atomic E-state index is 15.9. The predicted octanol–water partition coefficient (Wildman–Crippen LogP) is 6.23. The van der Waals surface area contributed by atoms with Crippen LogP contribution in [-0.2, 0) is 0 Å². The summed E-state index contributed by atoms with van der Waals surface area (Å²) in [6.45, 7) is 7.51. The number of halogens is 2. The molecule has 4 aromatic rings. The third kappa shape index (κ3) is 4.22. The van der Waals surface area contributed by atoms with Crippen molar-refractivity contribution in [1.82, 2.24) is 20.1 Å². The topological polar surface area (TPSA) is 83.5 Å². The fourth-order valence-electron chi connectivity index (χ4n) is 5.39. The van der Waals surface area contributed by atoms with Crippen LogP contribution in [0.25, 0.3) is 33.1 Å². The molecule has 0 aliphatic carbocycles. The summed E-state index contributed by atoms with van der Waals surface area (Å²) in [4.78, 5) is 7.09. The molecule has 2 aromatic carbocycles. The van der Waals surface area contributed by atoms with Gasteiger partial charge in [0.2, 0.25) is 0 Å². The lowest BCUT2D eigenvalue weighted by molar-refractivity contribution is 0.0845. The summed E-state index contributed by atoms with van der Waals surface area (Å²) in [6, 6.07) is 7.00. The molecule has 190 valence electrons. The van der Waals surface area contributed by atoms with Crippen LogP contribution in [0.15, 0.2) is 24.3 Å². The number of hydrogen-bond donors (Lipinski definition) is 2. The lowest BCUT2D eigenvalue weighted by atomic mass is 9.98. The maximum Gasteiger partial charge on any atom is 0.182 e. The number of rotatable bonds is 6. The standard InChI is InChI=1S/C27H30ClFN4O3/c1-14-6-5-7-15(2)33(14)10-11-36-21-13-19(29)23-24(26(21)35-4)22-16(3)31-32-27(22)30-25(23)17-8-9-20(34)18(28)12-17/h8-9,12-15,34H,5-7,10-11H2,1-4H3,(H,30,31,32). The first kappa shape index (κ1) is 24.6. The summed E-state index contributed by atoms with van der Waals surface area (Å²) < 4.78 is 27.8. The number of likely N-dealkylation sites (tertiary alicyclic amines) is 1. The van der Waals surface area contributed by atoms with E-state index in [1.54, 1.807) is 19.2 Å². The van der Waals surface area contributed by atoms with Crippen LogP contribution in [0, 0.1) is 12.7 Å². The van der Waals surface area contributed by atoms with Gasteiger partial charge in [0.15, 0.2) is 17.1 Å². The van der Waals surface area contributed by atoms with Crippen molar-refractivity contribution in [3.05, 3.63) is 40.8 Å². The van der Waals surface area contributed by atoms with Gasteiger partial charge in [-0.25, -0.2) is 9.37 Å². The highest BCUT2D eigenvalue weighted by molar-refractivity contribution is 6.32. The number of aryl methyl sites for hydroxylation is 1. The second-order valence-electron chi connectivity index (χ2n) is 9.53. The van der Waals surface area contributed by atoms with Crippen molar-refractivity contribution in [2.45, 2.75) is 52.1 Å². The van der Waals surface area contributed by atoms with E-state index in [1.807, 2.05) is 6.92 Å². The number of benzene rings is 2. The second kappa shape index (κ2) is 9.75. The number of piperidine rings is 1. The number of fused-ring (bicyclic) bond motifs is 3. The van der Waals surface area contributed by atoms with Crippen LogP contribution in [0.1, 0.15) is 38.8 Å². The molecule has 1 aliphatic heterocycles. The highest BCUT2D eigenvalue weighted by atomic mass is 35.5. The maximum atomic E-state index is 15.9. The number of aromatic nitrogens is 3. The Kier molecular flexibility index (Phi) is 6.66. The third-order valence-corrected chi connectivity index (χ3v) is 7.54. The Morgan fingerprint density at radius 1 is 1.17 bits per heavy atom. The molecular formula is C27H30ClFN4O3. The SMILES string of the molecule is COc1c(OCCN2C(C)CCCC2C)cc(F)c2c(-c3ccc(O)c(Cl)c3)nc3n[nH]c(C)c3c12. The van der Waals surface area contributed by atoms with E-state index in [0.717, 1.165) is 12.2 Å². The summed E-state index contributed by atoms with van der Waals surface area (Å²) in [5.74, 6) is 0.207. The Morgan fingerprint density at radius 2 is 1.92 bits per heavy atom. The second-order valence-corrected chi connectivity index (χ2v) is 9.94. The van der Waals surface area contributed by atoms with Crippen molar-refractivity contribution in [3.63, 3.8) is 0 Å². The number of pyridine rings is 1. The quantitative estimate of drug-likeness (QED) is 0.318. The molecule has 1 aliphatic rings. The molecule has 0 spiro atoms. The van der Waals surface area contributed by atoms with Crippen molar-refractivity contribution in [3.8, 4) is 28.5 Å². The van der Waals surface area contributed by atoms with Gasteiger partial charge in [0, 0.05) is 46.7 Å². The van der Waals surface area contributed by atoms with Gasteiger partial charge >= 0.3 is 0 Å². The molecule has 5 rings (SSSR count). The number of H-pyrrole nitrogens is 1. The predicted molar refractivity (Wildman–Crippen MR) is 140 cm³/mol. The molecule has 3 heterocycles. The largest absolute Gasteiger partial charge is 0.506 e. The molecule has 0 bridgehead atoms. The smallest absolute Gasteiger partial charge is 0.182 e. The fourth-order valence-corrected chi connectivity index (χ4v) is 5.57. The number of nitrogens with zero attached hydrogens (tertiary/aromatic N) is 3. The Morgan fingerprint density at radius 3 is 2.61 bits per heavy atom. The number of nitrogens with one attached hydrogen (secondary N) is 1. The first-order chi connectivity index (χ1) is 17.3. The van der Waals surface area contributed by atoms with Crippen molar-refractivity contribution in [2.75, 3.05) is 20.3 Å². The molecule has 36 heavy (non-hydrogen) atoms. The van der Waals surface area contributed by atoms with E-state index in [1.165, 1.54) is 31.4 Å². The van der Waals surface area contributed by atoms with E-state index in [0.29, 0.717) is 57.9 Å². The van der Waals surface area contributed by atoms with Gasteiger partial charge in [-0.15, -0.1) is 0 Å². The zero-order valence-electron chi connectivity index (χ0n) is 20.9. The van der Waals surface area contributed by atoms with Crippen molar-refractivity contribution >= 4 is 33.4 Å². The minimum atomic E-state index is -0.491. The molecule has 2 atom stereocenters. The molecule has 2 aromatic heterocycles. The van der Waals surface area contributed by atoms with Gasteiger partial charge in [0.1, 0.15) is 18.2 Å². The minimum Gasteiger partial charge on any atom is -0.506 e. The van der Waals surface area contributed by atoms with Crippen LogP contribution in [0.5, 0.6) is 17.2 Å². The lowest BCUT2D eigenvalue weighted by Crippen LogP contribution is -2.45. The molecule has 0 radical (unpaired) electrons. The average molecular weight is 513 g/mol. The highest BCUT2D eigenvalue weighted by Crippen LogP contribution is 2.45. The van der Waals surface area contributed by atoms with E-state index < -0.39 is 5.82 Å². The molecule has 1 saturated heterocycles. The van der Waals surface area contributed by atoms with Crippen molar-refractivity contribution < 1.29 is 19.0 Å². The van der Waals surface area contributed by atoms with Crippen LogP contribution in [0.2, 0.25) is 5.02 Å². The Balaban J connectivity index is 1.63. The molecule has 9 heteroatoms. The van der Waals surface area contributed by atoms with Crippen LogP contribution >= 0.6 is 11.6 Å². The van der Waals surface area contributed by atoms with Gasteiger partial charge in [-0.05, 0) is 51.8 Å². The van der Waals surface area contributed by atoms with E-state index >= 15 is 4.39 Å². The number of aromatic hydroxyl groups is 1. The Hall–Kier alpha value is -3.10. The van der Waals surface area contributed by atoms with E-state index in [9.17, 15) is 5.11 Å². The lowest BCUT2D eigenvalue weighted by Gasteiger charge is -2.38. The normalized spacial score (nSPS) is 18.7. The van der Waals surface area contributed by atoms with E-state index in [2.05, 4.69) is 33.9 Å². The van der Waals surface area contributed by atoms with Crippen LogP contribution < -0.4 is 9.47 Å². The third-order valence-electron chi connectivity index (χ3n) is 7.24. The Bertz CT molecular complexity index is 1430. The van der Waals surface area contributed by atoms with E-state index in [-0.39, 0.29) is 16.2 Å². The number of phenolic OH excluding ortho intramolecular Hbond substituents is 1. The molecule has 2 unspecified atom stereocenters. The zero-order valence-corrected chi connectivity index (χ0v) is 21.6. The minimum absolute atomic E-state index is 0.0625.